The lowest BCUT2D eigenvalue weighted by Crippen LogP contribution is -2.14. The van der Waals surface area contributed by atoms with Crippen molar-refractivity contribution in [1.29, 1.82) is 0 Å². The maximum absolute atomic E-state index is 12.8. The van der Waals surface area contributed by atoms with Crippen molar-refractivity contribution in [1.82, 2.24) is 0 Å². The topological polar surface area (TPSA) is 114 Å². The highest BCUT2D eigenvalue weighted by Crippen LogP contribution is 2.44. The highest BCUT2D eigenvalue weighted by Gasteiger charge is 2.30. The quantitative estimate of drug-likeness (QED) is 0.307. The number of nitrogens with zero attached hydrogens (tertiary/aromatic N) is 3. The number of phenols is 1. The summed E-state index contributed by atoms with van der Waals surface area (Å²) in [7, 11) is 1.43. The van der Waals surface area contributed by atoms with Gasteiger partial charge in [-0.15, -0.1) is 0 Å². The molecule has 0 saturated heterocycles. The summed E-state index contributed by atoms with van der Waals surface area (Å²) in [6.45, 7) is 5.80. The van der Waals surface area contributed by atoms with Crippen molar-refractivity contribution in [2.75, 3.05) is 7.11 Å². The molecule has 8 heteroatoms. The van der Waals surface area contributed by atoms with Gasteiger partial charge in [0.05, 0.1) is 13.2 Å². The van der Waals surface area contributed by atoms with E-state index in [0.717, 1.165) is 5.56 Å². The highest BCUT2D eigenvalue weighted by molar-refractivity contribution is 5.96. The van der Waals surface area contributed by atoms with E-state index in [0.29, 0.717) is 17.5 Å². The van der Waals surface area contributed by atoms with Crippen LogP contribution in [0, 0.1) is 12.8 Å². The van der Waals surface area contributed by atoms with Gasteiger partial charge in [0, 0.05) is 16.0 Å². The Bertz CT molecular complexity index is 996. The second-order valence-corrected chi connectivity index (χ2v) is 7.36. The molecule has 0 aliphatic carbocycles. The van der Waals surface area contributed by atoms with Gasteiger partial charge in [0.25, 0.3) is 0 Å². The second kappa shape index (κ2) is 8.32. The number of ether oxygens (including phenoxy) is 3. The van der Waals surface area contributed by atoms with E-state index in [9.17, 15) is 9.90 Å². The summed E-state index contributed by atoms with van der Waals surface area (Å²) in [5, 5.41) is 14.2. The number of carbonyl (C=O) groups is 1. The summed E-state index contributed by atoms with van der Waals surface area (Å²) < 4.78 is 16.9. The first-order valence-corrected chi connectivity index (χ1v) is 9.28. The van der Waals surface area contributed by atoms with Crippen molar-refractivity contribution >= 4 is 5.97 Å². The average molecular weight is 397 g/mol. The van der Waals surface area contributed by atoms with Crippen LogP contribution >= 0.6 is 0 Å². The van der Waals surface area contributed by atoms with Crippen molar-refractivity contribution in [2.45, 2.75) is 39.8 Å². The highest BCUT2D eigenvalue weighted by atomic mass is 16.5. The number of fused-ring (bicyclic) bond motifs is 2. The maximum Gasteiger partial charge on any atom is 0.346 e. The van der Waals surface area contributed by atoms with Crippen molar-refractivity contribution in [3.05, 3.63) is 57.0 Å². The van der Waals surface area contributed by atoms with Gasteiger partial charge in [-0.2, -0.15) is 0 Å². The zero-order chi connectivity index (χ0) is 21.1. The summed E-state index contributed by atoms with van der Waals surface area (Å²) in [6, 6.07) is 6.16. The van der Waals surface area contributed by atoms with E-state index in [1.807, 2.05) is 20.8 Å². The molecule has 0 saturated carbocycles. The van der Waals surface area contributed by atoms with Crippen LogP contribution in [-0.4, -0.2) is 18.2 Å². The number of hydrogen-bond acceptors (Lipinski definition) is 6. The number of benzene rings is 2. The van der Waals surface area contributed by atoms with E-state index in [2.05, 4.69) is 10.0 Å². The Morgan fingerprint density at radius 1 is 1.34 bits per heavy atom. The summed E-state index contributed by atoms with van der Waals surface area (Å²) in [5.41, 5.74) is 11.0. The van der Waals surface area contributed by atoms with Crippen LogP contribution in [0.2, 0.25) is 0 Å². The molecule has 152 valence electrons. The third kappa shape index (κ3) is 4.07. The predicted octanol–water partition coefficient (Wildman–Crippen LogP) is 5.57. The smallest absolute Gasteiger partial charge is 0.346 e. The molecule has 1 heterocycles. The van der Waals surface area contributed by atoms with E-state index < -0.39 is 12.0 Å². The van der Waals surface area contributed by atoms with Gasteiger partial charge in [0.15, 0.2) is 11.5 Å². The van der Waals surface area contributed by atoms with Crippen LogP contribution in [0.5, 0.6) is 23.0 Å². The van der Waals surface area contributed by atoms with Crippen molar-refractivity contribution in [2.24, 2.45) is 11.0 Å². The molecule has 1 N–H and O–H groups in total. The lowest BCUT2D eigenvalue weighted by Gasteiger charge is -2.24. The number of carbonyl (C=O) groups excluding carboxylic acids is 1. The molecule has 2 aromatic carbocycles. The lowest BCUT2D eigenvalue weighted by molar-refractivity contribution is 0.0454. The Kier molecular flexibility index (Phi) is 5.84. The molecule has 0 spiro atoms. The second-order valence-electron chi connectivity index (χ2n) is 7.36. The first kappa shape index (κ1) is 20.4. The van der Waals surface area contributed by atoms with Crippen LogP contribution in [0.25, 0.3) is 10.4 Å². The van der Waals surface area contributed by atoms with E-state index >= 15 is 0 Å². The fraction of sp³-hybridized carbons (Fsp3) is 0.381. The van der Waals surface area contributed by atoms with Gasteiger partial charge >= 0.3 is 5.97 Å². The number of hydrogen-bond donors (Lipinski definition) is 1. The Hall–Kier alpha value is -3.38. The number of methoxy groups -OCH3 is 1. The zero-order valence-electron chi connectivity index (χ0n) is 16.8. The van der Waals surface area contributed by atoms with Gasteiger partial charge in [-0.3, -0.25) is 0 Å². The van der Waals surface area contributed by atoms with Crippen LogP contribution in [0.3, 0.4) is 0 Å². The summed E-state index contributed by atoms with van der Waals surface area (Å²) in [4.78, 5) is 15.8. The number of esters is 1. The number of aryl methyl sites for hydroxylation is 1. The SMILES string of the molecule is COc1c(C(CC(C)C)N=[N+]=[N-])ccc2c1C(=O)OCc1cc(C)cc(O)c1O2. The molecule has 1 unspecified atom stereocenters. The first-order valence-electron chi connectivity index (χ1n) is 9.28. The minimum absolute atomic E-state index is 0.0429. The number of azide groups is 1. The van der Waals surface area contributed by atoms with E-state index in [-0.39, 0.29) is 41.1 Å². The number of aromatic hydroxyl groups is 1. The summed E-state index contributed by atoms with van der Waals surface area (Å²) >= 11 is 0. The molecular weight excluding hydrogens is 374 g/mol. The molecule has 0 aromatic heterocycles. The molecule has 1 atom stereocenters. The molecule has 2 aromatic rings. The van der Waals surface area contributed by atoms with E-state index in [4.69, 9.17) is 19.7 Å². The van der Waals surface area contributed by atoms with Crippen molar-refractivity contribution < 1.29 is 24.1 Å². The monoisotopic (exact) mass is 397 g/mol. The van der Waals surface area contributed by atoms with Gasteiger partial charge < -0.3 is 19.3 Å². The molecule has 3 rings (SSSR count). The third-order valence-electron chi connectivity index (χ3n) is 4.66. The minimum atomic E-state index is -0.616. The minimum Gasteiger partial charge on any atom is -0.504 e. The predicted molar refractivity (Wildman–Crippen MR) is 106 cm³/mol. The number of rotatable bonds is 5. The van der Waals surface area contributed by atoms with Gasteiger partial charge in [-0.1, -0.05) is 25.0 Å². The molecule has 8 nitrogen and oxygen atoms in total. The Morgan fingerprint density at radius 2 is 2.10 bits per heavy atom. The van der Waals surface area contributed by atoms with E-state index in [1.165, 1.54) is 7.11 Å². The van der Waals surface area contributed by atoms with E-state index in [1.54, 1.807) is 24.3 Å². The van der Waals surface area contributed by atoms with Gasteiger partial charge in [0.1, 0.15) is 23.7 Å². The largest absolute Gasteiger partial charge is 0.504 e. The third-order valence-corrected chi connectivity index (χ3v) is 4.66. The average Bonchev–Trinajstić information content (AvgIpc) is 2.65. The molecule has 0 radical (unpaired) electrons. The molecule has 0 fully saturated rings. The fourth-order valence-electron chi connectivity index (χ4n) is 3.46. The standard InChI is InChI=1S/C21H23N3O5/c1-11(2)7-15(23-24-22)14-5-6-17-18(20(14)27-4)21(26)28-10-13-8-12(3)9-16(25)19(13)29-17/h5-6,8-9,11,15,25H,7,10H2,1-4H3. The number of phenolic OH excluding ortho intramolecular Hbond substituents is 1. The van der Waals surface area contributed by atoms with Crippen LogP contribution < -0.4 is 9.47 Å². The Morgan fingerprint density at radius 3 is 2.76 bits per heavy atom. The zero-order valence-corrected chi connectivity index (χ0v) is 16.8. The fourth-order valence-corrected chi connectivity index (χ4v) is 3.46. The molecule has 29 heavy (non-hydrogen) atoms. The van der Waals surface area contributed by atoms with Gasteiger partial charge in [-0.25, -0.2) is 4.79 Å². The number of cyclic esters (lactones) is 1. The van der Waals surface area contributed by atoms with Crippen LogP contribution in [0.4, 0.5) is 0 Å². The Balaban J connectivity index is 2.17. The molecular formula is C21H23N3O5. The first-order chi connectivity index (χ1) is 13.8. The van der Waals surface area contributed by atoms with Crippen molar-refractivity contribution in [3.8, 4) is 23.0 Å². The van der Waals surface area contributed by atoms with Crippen LogP contribution in [0.15, 0.2) is 29.4 Å². The normalized spacial score (nSPS) is 13.8. The Labute approximate surface area is 168 Å². The lowest BCUT2D eigenvalue weighted by atomic mass is 9.94. The molecule has 1 aliphatic heterocycles. The van der Waals surface area contributed by atoms with Crippen LogP contribution in [0.1, 0.15) is 53.4 Å². The van der Waals surface area contributed by atoms with Gasteiger partial charge in [0.2, 0.25) is 0 Å². The molecule has 0 amide bonds. The summed E-state index contributed by atoms with van der Waals surface area (Å²) in [6.07, 6.45) is 0.581. The van der Waals surface area contributed by atoms with Gasteiger partial charge in [-0.05, 0) is 48.6 Å². The molecule has 0 bridgehead atoms. The van der Waals surface area contributed by atoms with Crippen LogP contribution in [-0.2, 0) is 11.3 Å². The maximum atomic E-state index is 12.8. The molecule has 1 aliphatic rings. The van der Waals surface area contributed by atoms with Crippen molar-refractivity contribution in [3.63, 3.8) is 0 Å². The summed E-state index contributed by atoms with van der Waals surface area (Å²) in [5.74, 6) is 0.259.